The lowest BCUT2D eigenvalue weighted by Crippen LogP contribution is -2.18. The monoisotopic (exact) mass is 361 g/mol. The van der Waals surface area contributed by atoms with E-state index < -0.39 is 0 Å². The zero-order valence-electron chi connectivity index (χ0n) is 13.5. The van der Waals surface area contributed by atoms with Crippen LogP contribution in [-0.2, 0) is 13.0 Å². The number of hydrogen-bond donors (Lipinski definition) is 2. The van der Waals surface area contributed by atoms with Gasteiger partial charge in [-0.1, -0.05) is 17.7 Å². The molecule has 4 nitrogen and oxygen atoms in total. The fraction of sp³-hybridized carbons (Fsp3) is 0.389. The lowest BCUT2D eigenvalue weighted by atomic mass is 10.1. The van der Waals surface area contributed by atoms with Crippen LogP contribution in [0.5, 0.6) is 0 Å². The highest BCUT2D eigenvalue weighted by molar-refractivity contribution is 7.09. The maximum Gasteiger partial charge on any atom is 0.176 e. The molecule has 1 fully saturated rings. The predicted molar refractivity (Wildman–Crippen MR) is 100.0 cm³/mol. The summed E-state index contributed by atoms with van der Waals surface area (Å²) in [5.74, 6) is 1.51. The molecule has 1 aliphatic carbocycles. The number of furan rings is 1. The molecule has 0 amide bonds. The topological polar surface area (TPSA) is 64.1 Å². The van der Waals surface area contributed by atoms with Crippen molar-refractivity contribution >= 4 is 39.7 Å². The Morgan fingerprint density at radius 3 is 3.00 bits per heavy atom. The van der Waals surface area contributed by atoms with Gasteiger partial charge in [-0.25, -0.2) is 4.98 Å². The number of fused-ring (bicyclic) bond motifs is 1. The van der Waals surface area contributed by atoms with E-state index in [9.17, 15) is 0 Å². The average molecular weight is 362 g/mol. The van der Waals surface area contributed by atoms with Gasteiger partial charge in [-0.15, -0.1) is 11.3 Å². The Hall–Kier alpha value is -1.56. The van der Waals surface area contributed by atoms with Crippen molar-refractivity contribution in [2.75, 3.05) is 5.32 Å². The molecule has 0 unspecified atom stereocenters. The molecular formula is C18H20ClN3OS. The summed E-state index contributed by atoms with van der Waals surface area (Å²) in [6.07, 6.45) is 3.10. The van der Waals surface area contributed by atoms with E-state index in [1.54, 1.807) is 11.3 Å². The highest BCUT2D eigenvalue weighted by atomic mass is 35.5. The first kappa shape index (κ1) is 15.9. The number of thiophene rings is 1. The third-order valence-electron chi connectivity index (χ3n) is 4.25. The van der Waals surface area contributed by atoms with Crippen LogP contribution in [0, 0.1) is 0 Å². The van der Waals surface area contributed by atoms with Gasteiger partial charge in [0, 0.05) is 35.5 Å². The van der Waals surface area contributed by atoms with Gasteiger partial charge >= 0.3 is 0 Å². The standard InChI is InChI=1S/C18H20ClN3OS/c1-10(20)7-14-16(11-4-5-11)17-18(23-14)13(8-15(19)22-17)21-9-12-3-2-6-24-12/h2-3,6,8,10-11H,4-5,7,9,20H2,1H3,(H,21,22)/t10-/m0/s1. The van der Waals surface area contributed by atoms with Crippen LogP contribution in [0.25, 0.3) is 11.1 Å². The lowest BCUT2D eigenvalue weighted by Gasteiger charge is -2.06. The summed E-state index contributed by atoms with van der Waals surface area (Å²) in [5.41, 5.74) is 9.81. The van der Waals surface area contributed by atoms with E-state index in [2.05, 4.69) is 27.8 Å². The Morgan fingerprint density at radius 2 is 2.33 bits per heavy atom. The van der Waals surface area contributed by atoms with Crippen LogP contribution in [0.2, 0.25) is 5.15 Å². The number of hydrogen-bond acceptors (Lipinski definition) is 5. The van der Waals surface area contributed by atoms with Crippen molar-refractivity contribution in [3.8, 4) is 0 Å². The summed E-state index contributed by atoms with van der Waals surface area (Å²) in [4.78, 5) is 5.83. The molecule has 6 heteroatoms. The molecule has 4 rings (SSSR count). The van der Waals surface area contributed by atoms with Crippen molar-refractivity contribution in [3.05, 3.63) is 44.9 Å². The number of nitrogens with two attached hydrogens (primary N) is 1. The smallest absolute Gasteiger partial charge is 0.176 e. The fourth-order valence-electron chi connectivity index (χ4n) is 3.06. The molecule has 0 radical (unpaired) electrons. The van der Waals surface area contributed by atoms with Crippen LogP contribution in [0.4, 0.5) is 5.69 Å². The number of nitrogens with zero attached hydrogens (tertiary/aromatic N) is 1. The molecule has 24 heavy (non-hydrogen) atoms. The number of rotatable bonds is 6. The second-order valence-corrected chi connectivity index (χ2v) is 7.92. The third kappa shape index (κ3) is 3.16. The summed E-state index contributed by atoms with van der Waals surface area (Å²) in [7, 11) is 0. The van der Waals surface area contributed by atoms with Crippen molar-refractivity contribution in [2.24, 2.45) is 5.73 Å². The van der Waals surface area contributed by atoms with Crippen LogP contribution in [-0.4, -0.2) is 11.0 Å². The molecule has 0 aromatic carbocycles. The minimum Gasteiger partial charge on any atom is -0.457 e. The Kier molecular flexibility index (Phi) is 4.24. The molecular weight excluding hydrogens is 342 g/mol. The maximum atomic E-state index is 6.28. The van der Waals surface area contributed by atoms with E-state index >= 15 is 0 Å². The van der Waals surface area contributed by atoms with Crippen molar-refractivity contribution < 1.29 is 4.42 Å². The molecule has 1 saturated carbocycles. The van der Waals surface area contributed by atoms with Crippen molar-refractivity contribution in [1.29, 1.82) is 0 Å². The Balaban J connectivity index is 1.76. The molecule has 126 valence electrons. The van der Waals surface area contributed by atoms with Crippen LogP contribution in [0.15, 0.2) is 28.0 Å². The predicted octanol–water partition coefficient (Wildman–Crippen LogP) is 4.92. The van der Waals surface area contributed by atoms with Gasteiger partial charge in [0.15, 0.2) is 5.58 Å². The van der Waals surface area contributed by atoms with Gasteiger partial charge in [-0.05, 0) is 37.1 Å². The van der Waals surface area contributed by atoms with Crippen LogP contribution < -0.4 is 11.1 Å². The summed E-state index contributed by atoms with van der Waals surface area (Å²) in [5, 5.41) is 6.01. The van der Waals surface area contributed by atoms with E-state index in [1.165, 1.54) is 23.3 Å². The Morgan fingerprint density at radius 1 is 1.50 bits per heavy atom. The zero-order chi connectivity index (χ0) is 16.7. The second kappa shape index (κ2) is 6.39. The van der Waals surface area contributed by atoms with Gasteiger partial charge in [-0.3, -0.25) is 0 Å². The maximum absolute atomic E-state index is 6.28. The minimum absolute atomic E-state index is 0.0565. The normalized spacial score (nSPS) is 15.8. The van der Waals surface area contributed by atoms with Gasteiger partial charge in [0.2, 0.25) is 0 Å². The summed E-state index contributed by atoms with van der Waals surface area (Å²) in [6.45, 7) is 2.75. The van der Waals surface area contributed by atoms with Gasteiger partial charge in [-0.2, -0.15) is 0 Å². The second-order valence-electron chi connectivity index (χ2n) is 6.50. The molecule has 0 aliphatic heterocycles. The first-order valence-corrected chi connectivity index (χ1v) is 9.51. The lowest BCUT2D eigenvalue weighted by molar-refractivity contribution is 0.519. The quantitative estimate of drug-likeness (QED) is 0.611. The molecule has 0 spiro atoms. The van der Waals surface area contributed by atoms with E-state index in [0.29, 0.717) is 11.1 Å². The highest BCUT2D eigenvalue weighted by Gasteiger charge is 2.32. The van der Waals surface area contributed by atoms with Crippen molar-refractivity contribution in [2.45, 2.75) is 44.7 Å². The Labute approximate surface area is 150 Å². The Bertz CT molecular complexity index is 853. The molecule has 1 aliphatic rings. The first-order chi connectivity index (χ1) is 11.6. The molecule has 0 bridgehead atoms. The summed E-state index contributed by atoms with van der Waals surface area (Å²) < 4.78 is 6.21. The van der Waals surface area contributed by atoms with Gasteiger partial charge in [0.05, 0.1) is 5.69 Å². The number of pyridine rings is 1. The summed E-state index contributed by atoms with van der Waals surface area (Å²) in [6, 6.07) is 6.06. The van der Waals surface area contributed by atoms with Crippen LogP contribution in [0.3, 0.4) is 0 Å². The third-order valence-corrected chi connectivity index (χ3v) is 5.32. The fourth-order valence-corrected chi connectivity index (χ4v) is 3.90. The van der Waals surface area contributed by atoms with E-state index in [-0.39, 0.29) is 6.04 Å². The molecule has 1 atom stereocenters. The molecule has 3 aromatic rings. The minimum atomic E-state index is 0.0565. The highest BCUT2D eigenvalue weighted by Crippen LogP contribution is 2.47. The average Bonchev–Trinajstić information content (AvgIpc) is 3.09. The number of halogens is 1. The number of anilines is 1. The first-order valence-electron chi connectivity index (χ1n) is 8.25. The molecule has 0 saturated heterocycles. The van der Waals surface area contributed by atoms with E-state index in [0.717, 1.165) is 35.5 Å². The van der Waals surface area contributed by atoms with E-state index in [1.807, 2.05) is 13.0 Å². The number of nitrogens with one attached hydrogen (secondary N) is 1. The van der Waals surface area contributed by atoms with Gasteiger partial charge in [0.1, 0.15) is 16.4 Å². The SMILES string of the molecule is C[C@H](N)Cc1oc2c(NCc3cccs3)cc(Cl)nc2c1C1CC1. The van der Waals surface area contributed by atoms with Gasteiger partial charge < -0.3 is 15.5 Å². The molecule has 3 N–H and O–H groups in total. The molecule has 3 heterocycles. The zero-order valence-corrected chi connectivity index (χ0v) is 15.1. The van der Waals surface area contributed by atoms with Crippen molar-refractivity contribution in [3.63, 3.8) is 0 Å². The van der Waals surface area contributed by atoms with E-state index in [4.69, 9.17) is 21.8 Å². The number of aromatic nitrogens is 1. The van der Waals surface area contributed by atoms with Crippen molar-refractivity contribution in [1.82, 2.24) is 4.98 Å². The largest absolute Gasteiger partial charge is 0.457 e. The van der Waals surface area contributed by atoms with Gasteiger partial charge in [0.25, 0.3) is 0 Å². The van der Waals surface area contributed by atoms with Crippen LogP contribution in [0.1, 0.15) is 41.9 Å². The summed E-state index contributed by atoms with van der Waals surface area (Å²) >= 11 is 8.01. The van der Waals surface area contributed by atoms with Crippen LogP contribution >= 0.6 is 22.9 Å². The molecule has 3 aromatic heterocycles.